The van der Waals surface area contributed by atoms with Gasteiger partial charge >= 0.3 is 5.97 Å². The summed E-state index contributed by atoms with van der Waals surface area (Å²) in [5.41, 5.74) is 4.31. The van der Waals surface area contributed by atoms with Gasteiger partial charge in [-0.3, -0.25) is 4.79 Å². The lowest BCUT2D eigenvalue weighted by Gasteiger charge is -2.04. The summed E-state index contributed by atoms with van der Waals surface area (Å²) in [5.74, 6) is -0.652. The summed E-state index contributed by atoms with van der Waals surface area (Å²) in [6, 6.07) is 7.76. The average molecular weight is 326 g/mol. The Hall–Kier alpha value is -2.20. The van der Waals surface area contributed by atoms with Crippen molar-refractivity contribution in [1.29, 1.82) is 0 Å². The summed E-state index contributed by atoms with van der Waals surface area (Å²) in [6.45, 7) is 1.77. The Morgan fingerprint density at radius 2 is 2.04 bits per heavy atom. The molecule has 1 aromatic heterocycles. The molecule has 1 heterocycles. The quantitative estimate of drug-likeness (QED) is 0.474. The van der Waals surface area contributed by atoms with Gasteiger partial charge in [-0.05, 0) is 66.5 Å². The zero-order valence-corrected chi connectivity index (χ0v) is 13.8. The lowest BCUT2D eigenvalue weighted by molar-refractivity contribution is -0.136. The van der Waals surface area contributed by atoms with Gasteiger partial charge in [0.25, 0.3) is 0 Å². The molecule has 0 fully saturated rings. The van der Waals surface area contributed by atoms with Gasteiger partial charge in [0.1, 0.15) is 0 Å². The van der Waals surface area contributed by atoms with Gasteiger partial charge in [0.2, 0.25) is 0 Å². The van der Waals surface area contributed by atoms with Crippen LogP contribution in [-0.4, -0.2) is 18.4 Å². The number of hydrogen-bond donors (Lipinski definition) is 0. The van der Waals surface area contributed by atoms with Gasteiger partial charge in [0.15, 0.2) is 12.4 Å². The number of hydrogen-bond acceptors (Lipinski definition) is 4. The van der Waals surface area contributed by atoms with Crippen LogP contribution in [0.3, 0.4) is 0 Å². The molecule has 0 saturated heterocycles. The first kappa shape index (κ1) is 15.7. The van der Waals surface area contributed by atoms with Crippen LogP contribution < -0.4 is 0 Å². The molecule has 3 rings (SSSR count). The number of Topliss-reactive ketones (excluding diaryl/α,β-unsaturated/α-hetero) is 1. The van der Waals surface area contributed by atoms with Crippen LogP contribution in [0.25, 0.3) is 6.08 Å². The molecule has 0 radical (unpaired) electrons. The van der Waals surface area contributed by atoms with E-state index in [4.69, 9.17) is 4.74 Å². The first-order valence-corrected chi connectivity index (χ1v) is 8.55. The molecule has 118 valence electrons. The van der Waals surface area contributed by atoms with Crippen LogP contribution in [0, 0.1) is 6.92 Å². The van der Waals surface area contributed by atoms with E-state index in [1.165, 1.54) is 17.2 Å². The summed E-state index contributed by atoms with van der Waals surface area (Å²) in [5, 5.41) is 1.97. The fourth-order valence-electron chi connectivity index (χ4n) is 2.71. The van der Waals surface area contributed by atoms with Crippen LogP contribution in [-0.2, 0) is 22.4 Å². The fourth-order valence-corrected chi connectivity index (χ4v) is 3.53. The lowest BCUT2D eigenvalue weighted by Crippen LogP contribution is -2.12. The molecule has 1 aromatic carbocycles. The van der Waals surface area contributed by atoms with E-state index in [0.29, 0.717) is 5.56 Å². The largest absolute Gasteiger partial charge is 0.454 e. The lowest BCUT2D eigenvalue weighted by atomic mass is 10.0. The zero-order chi connectivity index (χ0) is 16.2. The molecule has 0 amide bonds. The second-order valence-corrected chi connectivity index (χ2v) is 6.62. The molecule has 4 heteroatoms. The van der Waals surface area contributed by atoms with Crippen LogP contribution in [0.15, 0.2) is 35.7 Å². The summed E-state index contributed by atoms with van der Waals surface area (Å²) in [7, 11) is 0. The minimum atomic E-state index is -0.493. The van der Waals surface area contributed by atoms with E-state index in [0.717, 1.165) is 29.7 Å². The van der Waals surface area contributed by atoms with Crippen molar-refractivity contribution in [1.82, 2.24) is 0 Å². The monoisotopic (exact) mass is 326 g/mol. The van der Waals surface area contributed by atoms with E-state index >= 15 is 0 Å². The number of thiophene rings is 1. The third-order valence-electron chi connectivity index (χ3n) is 4.04. The fraction of sp³-hybridized carbons (Fsp3) is 0.263. The molecular weight excluding hydrogens is 308 g/mol. The predicted molar refractivity (Wildman–Crippen MR) is 91.8 cm³/mol. The van der Waals surface area contributed by atoms with Gasteiger partial charge in [0.05, 0.1) is 0 Å². The molecule has 3 nitrogen and oxygen atoms in total. The first-order valence-electron chi connectivity index (χ1n) is 7.67. The number of rotatable bonds is 5. The van der Waals surface area contributed by atoms with Gasteiger partial charge in [-0.2, -0.15) is 0 Å². The van der Waals surface area contributed by atoms with Crippen molar-refractivity contribution in [2.75, 3.05) is 6.61 Å². The highest BCUT2D eigenvalue weighted by molar-refractivity contribution is 7.11. The van der Waals surface area contributed by atoms with Crippen molar-refractivity contribution < 1.29 is 14.3 Å². The van der Waals surface area contributed by atoms with Crippen molar-refractivity contribution >= 4 is 29.2 Å². The highest BCUT2D eigenvalue weighted by Gasteiger charge is 2.14. The van der Waals surface area contributed by atoms with Gasteiger partial charge in [-0.15, -0.1) is 11.3 Å². The SMILES string of the molecule is Cc1ccsc1/C=C/C(=O)OCC(=O)c1ccc2c(c1)CCC2. The molecule has 0 bridgehead atoms. The third kappa shape index (κ3) is 3.77. The zero-order valence-electron chi connectivity index (χ0n) is 13.0. The molecule has 23 heavy (non-hydrogen) atoms. The maximum absolute atomic E-state index is 12.1. The van der Waals surface area contributed by atoms with E-state index < -0.39 is 5.97 Å². The van der Waals surface area contributed by atoms with E-state index in [2.05, 4.69) is 0 Å². The number of aryl methyl sites for hydroxylation is 3. The molecule has 0 saturated carbocycles. The highest BCUT2D eigenvalue weighted by atomic mass is 32.1. The number of benzene rings is 1. The number of carbonyl (C=O) groups excluding carboxylic acids is 2. The van der Waals surface area contributed by atoms with Crippen molar-refractivity contribution in [3.63, 3.8) is 0 Å². The Morgan fingerprint density at radius 1 is 1.22 bits per heavy atom. The van der Waals surface area contributed by atoms with E-state index in [9.17, 15) is 9.59 Å². The molecule has 0 atom stereocenters. The van der Waals surface area contributed by atoms with Gasteiger partial charge in [-0.25, -0.2) is 4.79 Å². The smallest absolute Gasteiger partial charge is 0.331 e. The number of esters is 1. The third-order valence-corrected chi connectivity index (χ3v) is 5.02. The molecular formula is C19H18O3S. The first-order chi connectivity index (χ1) is 11.1. The summed E-state index contributed by atoms with van der Waals surface area (Å²) in [4.78, 5) is 24.9. The van der Waals surface area contributed by atoms with Crippen LogP contribution in [0.5, 0.6) is 0 Å². The van der Waals surface area contributed by atoms with Crippen LogP contribution in [0.2, 0.25) is 0 Å². The molecule has 1 aliphatic rings. The minimum absolute atomic E-state index is 0.159. The Bertz CT molecular complexity index is 771. The van der Waals surface area contributed by atoms with Crippen molar-refractivity contribution in [3.8, 4) is 0 Å². The Kier molecular flexibility index (Phi) is 4.72. The van der Waals surface area contributed by atoms with E-state index in [1.54, 1.807) is 17.4 Å². The molecule has 0 N–H and O–H groups in total. The van der Waals surface area contributed by atoms with Crippen LogP contribution >= 0.6 is 11.3 Å². The van der Waals surface area contributed by atoms with E-state index in [1.807, 2.05) is 36.6 Å². The summed E-state index contributed by atoms with van der Waals surface area (Å²) in [6.07, 6.45) is 6.36. The Labute approximate surface area is 139 Å². The van der Waals surface area contributed by atoms with Crippen molar-refractivity contribution in [2.45, 2.75) is 26.2 Å². The van der Waals surface area contributed by atoms with Crippen LogP contribution in [0.1, 0.15) is 38.3 Å². The maximum Gasteiger partial charge on any atom is 0.331 e. The summed E-state index contributed by atoms with van der Waals surface area (Å²) >= 11 is 1.56. The highest BCUT2D eigenvalue weighted by Crippen LogP contribution is 2.23. The summed E-state index contributed by atoms with van der Waals surface area (Å²) < 4.78 is 5.05. The number of ether oxygens (including phenoxy) is 1. The second-order valence-electron chi connectivity index (χ2n) is 5.67. The Morgan fingerprint density at radius 3 is 2.83 bits per heavy atom. The molecule has 1 aliphatic carbocycles. The van der Waals surface area contributed by atoms with Crippen LogP contribution in [0.4, 0.5) is 0 Å². The predicted octanol–water partition coefficient (Wildman–Crippen LogP) is 3.98. The molecule has 0 unspecified atom stereocenters. The van der Waals surface area contributed by atoms with Gasteiger partial charge in [0, 0.05) is 16.5 Å². The number of fused-ring (bicyclic) bond motifs is 1. The van der Waals surface area contributed by atoms with Gasteiger partial charge < -0.3 is 4.74 Å². The second kappa shape index (κ2) is 6.92. The average Bonchev–Trinajstić information content (AvgIpc) is 3.18. The van der Waals surface area contributed by atoms with E-state index in [-0.39, 0.29) is 12.4 Å². The van der Waals surface area contributed by atoms with Crippen molar-refractivity contribution in [3.05, 3.63) is 62.9 Å². The molecule has 0 aliphatic heterocycles. The van der Waals surface area contributed by atoms with Gasteiger partial charge in [-0.1, -0.05) is 12.1 Å². The molecule has 2 aromatic rings. The number of ketones is 1. The molecule has 0 spiro atoms. The normalized spacial score (nSPS) is 13.3. The Balaban J connectivity index is 1.55. The van der Waals surface area contributed by atoms with Crippen molar-refractivity contribution in [2.24, 2.45) is 0 Å². The minimum Gasteiger partial charge on any atom is -0.454 e. The standard InChI is InChI=1S/C19H18O3S/c1-13-9-10-23-18(13)7-8-19(21)22-12-17(20)16-6-5-14-3-2-4-15(14)11-16/h5-11H,2-4,12H2,1H3/b8-7+. The topological polar surface area (TPSA) is 43.4 Å². The number of carbonyl (C=O) groups is 2. The maximum atomic E-state index is 12.1.